The third kappa shape index (κ3) is 2.04. The largest absolute Gasteiger partial charge is 0.364 e. The highest BCUT2D eigenvalue weighted by Gasteiger charge is 2.09. The van der Waals surface area contributed by atoms with Crippen LogP contribution in [0.4, 0.5) is 5.82 Å². The van der Waals surface area contributed by atoms with Crippen molar-refractivity contribution in [3.63, 3.8) is 0 Å². The lowest BCUT2D eigenvalue weighted by Crippen LogP contribution is -2.03. The summed E-state index contributed by atoms with van der Waals surface area (Å²) in [7, 11) is 0. The number of thiophene rings is 1. The zero-order valence-electron chi connectivity index (χ0n) is 9.57. The molecule has 0 radical (unpaired) electrons. The predicted molar refractivity (Wildman–Crippen MR) is 73.1 cm³/mol. The minimum atomic E-state index is 0.194. The van der Waals surface area contributed by atoms with Gasteiger partial charge in [0.05, 0.1) is 6.33 Å². The lowest BCUT2D eigenvalue weighted by molar-refractivity contribution is 1.09. The number of anilines is 1. The van der Waals surface area contributed by atoms with E-state index in [1.54, 1.807) is 17.7 Å². The van der Waals surface area contributed by atoms with E-state index >= 15 is 0 Å². The van der Waals surface area contributed by atoms with Gasteiger partial charge in [-0.2, -0.15) is 21.3 Å². The zero-order valence-corrected chi connectivity index (χ0v) is 11.1. The molecule has 5 nitrogen and oxygen atoms in total. The number of imidazole rings is 1. The van der Waals surface area contributed by atoms with Gasteiger partial charge in [-0.25, -0.2) is 4.98 Å². The van der Waals surface area contributed by atoms with E-state index in [-0.39, 0.29) is 5.28 Å². The van der Waals surface area contributed by atoms with Gasteiger partial charge in [-0.3, -0.25) is 0 Å². The highest BCUT2D eigenvalue weighted by Crippen LogP contribution is 2.20. The Balaban J connectivity index is 1.90. The smallest absolute Gasteiger partial charge is 0.226 e. The number of H-pyrrole nitrogens is 1. The number of rotatable bonds is 3. The van der Waals surface area contributed by atoms with Crippen molar-refractivity contribution in [3.8, 4) is 0 Å². The monoisotopic (exact) mass is 279 g/mol. The Morgan fingerprint density at radius 3 is 3.06 bits per heavy atom. The molecule has 3 aromatic rings. The fourth-order valence-corrected chi connectivity index (χ4v) is 2.70. The van der Waals surface area contributed by atoms with Crippen LogP contribution in [0.1, 0.15) is 11.1 Å². The van der Waals surface area contributed by atoms with Crippen LogP contribution in [-0.2, 0) is 6.54 Å². The van der Waals surface area contributed by atoms with Crippen molar-refractivity contribution < 1.29 is 0 Å². The van der Waals surface area contributed by atoms with Crippen LogP contribution >= 0.6 is 22.9 Å². The van der Waals surface area contributed by atoms with E-state index < -0.39 is 0 Å². The van der Waals surface area contributed by atoms with Gasteiger partial charge < -0.3 is 10.3 Å². The summed E-state index contributed by atoms with van der Waals surface area (Å²) in [5.74, 6) is 0.674. The van der Waals surface area contributed by atoms with Crippen molar-refractivity contribution in [3.05, 3.63) is 33.5 Å². The Morgan fingerprint density at radius 1 is 1.39 bits per heavy atom. The van der Waals surface area contributed by atoms with Crippen LogP contribution in [0, 0.1) is 6.92 Å². The first kappa shape index (κ1) is 11.4. The summed E-state index contributed by atoms with van der Waals surface area (Å²) in [4.78, 5) is 15.3. The second-order valence-electron chi connectivity index (χ2n) is 3.88. The Morgan fingerprint density at radius 2 is 2.28 bits per heavy atom. The fourth-order valence-electron chi connectivity index (χ4n) is 1.68. The molecule has 7 heteroatoms. The first-order valence-corrected chi connectivity index (χ1v) is 6.68. The van der Waals surface area contributed by atoms with Gasteiger partial charge in [0.15, 0.2) is 11.5 Å². The molecule has 0 unspecified atom stereocenters. The number of hydrogen-bond donors (Lipinski definition) is 2. The second-order valence-corrected chi connectivity index (χ2v) is 4.96. The summed E-state index contributed by atoms with van der Waals surface area (Å²) in [6, 6.07) is 0. The Bertz CT molecular complexity index is 690. The summed E-state index contributed by atoms with van der Waals surface area (Å²) in [6.07, 6.45) is 1.58. The third-order valence-corrected chi connectivity index (χ3v) is 3.75. The highest BCUT2D eigenvalue weighted by atomic mass is 35.5. The molecule has 0 bridgehead atoms. The molecule has 0 amide bonds. The molecule has 0 atom stereocenters. The predicted octanol–water partition coefficient (Wildman–Crippen LogP) is 2.99. The maximum absolute atomic E-state index is 5.86. The lowest BCUT2D eigenvalue weighted by atomic mass is 10.2. The molecule has 0 saturated heterocycles. The number of nitrogens with one attached hydrogen (secondary N) is 2. The van der Waals surface area contributed by atoms with E-state index in [4.69, 9.17) is 11.6 Å². The van der Waals surface area contributed by atoms with Gasteiger partial charge in [0.25, 0.3) is 0 Å². The Kier molecular flexibility index (Phi) is 2.89. The minimum absolute atomic E-state index is 0.194. The summed E-state index contributed by atoms with van der Waals surface area (Å²) in [6.45, 7) is 2.79. The first-order valence-electron chi connectivity index (χ1n) is 5.36. The van der Waals surface area contributed by atoms with E-state index in [9.17, 15) is 0 Å². The molecule has 92 valence electrons. The van der Waals surface area contributed by atoms with Crippen molar-refractivity contribution in [1.29, 1.82) is 0 Å². The summed E-state index contributed by atoms with van der Waals surface area (Å²) < 4.78 is 0. The van der Waals surface area contributed by atoms with Crippen LogP contribution in [0.15, 0.2) is 17.1 Å². The van der Waals surface area contributed by atoms with Gasteiger partial charge in [0.1, 0.15) is 5.52 Å². The normalized spacial score (nSPS) is 11.0. The van der Waals surface area contributed by atoms with E-state index in [2.05, 4.69) is 42.9 Å². The summed E-state index contributed by atoms with van der Waals surface area (Å²) >= 11 is 7.55. The fraction of sp³-hybridized carbons (Fsp3) is 0.182. The number of fused-ring (bicyclic) bond motifs is 1. The van der Waals surface area contributed by atoms with E-state index in [0.29, 0.717) is 18.0 Å². The van der Waals surface area contributed by atoms with Crippen LogP contribution in [0.3, 0.4) is 0 Å². The van der Waals surface area contributed by atoms with E-state index in [1.165, 1.54) is 11.1 Å². The molecule has 0 spiro atoms. The quantitative estimate of drug-likeness (QED) is 0.723. The molecule has 0 aromatic carbocycles. The lowest BCUT2D eigenvalue weighted by Gasteiger charge is -2.06. The molecule has 0 saturated carbocycles. The van der Waals surface area contributed by atoms with Crippen molar-refractivity contribution in [2.45, 2.75) is 13.5 Å². The maximum atomic E-state index is 5.86. The number of aromatic nitrogens is 4. The van der Waals surface area contributed by atoms with Gasteiger partial charge in [0.2, 0.25) is 5.28 Å². The van der Waals surface area contributed by atoms with Gasteiger partial charge in [-0.05, 0) is 40.4 Å². The number of aryl methyl sites for hydroxylation is 1. The molecule has 3 rings (SSSR count). The van der Waals surface area contributed by atoms with Crippen molar-refractivity contribution in [2.75, 3.05) is 5.32 Å². The molecular weight excluding hydrogens is 270 g/mol. The average Bonchev–Trinajstić information content (AvgIpc) is 2.94. The number of halogens is 1. The maximum Gasteiger partial charge on any atom is 0.226 e. The number of aromatic amines is 1. The number of nitrogens with zero attached hydrogens (tertiary/aromatic N) is 3. The topological polar surface area (TPSA) is 66.5 Å². The minimum Gasteiger partial charge on any atom is -0.364 e. The van der Waals surface area contributed by atoms with Crippen LogP contribution in [0.25, 0.3) is 11.2 Å². The SMILES string of the molecule is Cc1cscc1CNc1nc(Cl)nc2nc[nH]c12. The summed E-state index contributed by atoms with van der Waals surface area (Å²) in [5, 5.41) is 7.69. The van der Waals surface area contributed by atoms with Gasteiger partial charge >= 0.3 is 0 Å². The molecular formula is C11H10ClN5S. The second kappa shape index (κ2) is 4.55. The van der Waals surface area contributed by atoms with Gasteiger partial charge in [-0.15, -0.1) is 0 Å². The van der Waals surface area contributed by atoms with E-state index in [1.807, 2.05) is 0 Å². The van der Waals surface area contributed by atoms with Gasteiger partial charge in [0, 0.05) is 6.54 Å². The first-order chi connectivity index (χ1) is 8.74. The molecule has 2 N–H and O–H groups in total. The molecule has 18 heavy (non-hydrogen) atoms. The zero-order chi connectivity index (χ0) is 12.5. The van der Waals surface area contributed by atoms with Crippen LogP contribution in [0.2, 0.25) is 5.28 Å². The molecule has 0 aliphatic rings. The van der Waals surface area contributed by atoms with Crippen molar-refractivity contribution in [2.24, 2.45) is 0 Å². The Labute approximate surface area is 112 Å². The highest BCUT2D eigenvalue weighted by molar-refractivity contribution is 7.08. The van der Waals surface area contributed by atoms with Crippen LogP contribution in [0.5, 0.6) is 0 Å². The molecule has 0 aliphatic heterocycles. The van der Waals surface area contributed by atoms with E-state index in [0.717, 1.165) is 5.52 Å². The standard InChI is InChI=1S/C11H10ClN5S/c1-6-3-18-4-7(6)2-13-9-8-10(15-5-14-8)17-11(12)16-9/h3-5H,2H2,1H3,(H2,13,14,15,16,17). The molecule has 3 heterocycles. The van der Waals surface area contributed by atoms with Crippen molar-refractivity contribution in [1.82, 2.24) is 19.9 Å². The van der Waals surface area contributed by atoms with Crippen LogP contribution in [-0.4, -0.2) is 19.9 Å². The summed E-state index contributed by atoms with van der Waals surface area (Å²) in [5.41, 5.74) is 3.86. The number of hydrogen-bond acceptors (Lipinski definition) is 5. The molecule has 3 aromatic heterocycles. The Hall–Kier alpha value is -1.66. The molecule has 0 aliphatic carbocycles. The van der Waals surface area contributed by atoms with Gasteiger partial charge in [-0.1, -0.05) is 0 Å². The molecule has 0 fully saturated rings. The van der Waals surface area contributed by atoms with Crippen LogP contribution < -0.4 is 5.32 Å². The average molecular weight is 280 g/mol. The third-order valence-electron chi connectivity index (χ3n) is 2.67. The van der Waals surface area contributed by atoms with Crippen molar-refractivity contribution >= 4 is 39.9 Å².